The lowest BCUT2D eigenvalue weighted by molar-refractivity contribution is 1.08. The number of nitrogens with two attached hydrogens (primary N) is 4. The van der Waals surface area contributed by atoms with Gasteiger partial charge in [-0.05, 0) is 87.7 Å². The molecule has 6 heteroatoms. The Labute approximate surface area is 196 Å². The van der Waals surface area contributed by atoms with Gasteiger partial charge in [-0.1, -0.05) is 40.8 Å². The molecule has 30 heavy (non-hydrogen) atoms. The minimum atomic E-state index is 0. The lowest BCUT2D eigenvalue weighted by Crippen LogP contribution is -1.98. The third-order valence-corrected chi connectivity index (χ3v) is 5.58. The molecule has 0 aliphatic heterocycles. The van der Waals surface area contributed by atoms with Crippen LogP contribution >= 0.6 is 23.5 Å². The molecule has 0 radical (unpaired) electrons. The minimum absolute atomic E-state index is 0. The normalized spacial score (nSPS) is 8.60. The summed E-state index contributed by atoms with van der Waals surface area (Å²) in [4.78, 5) is 2.46. The van der Waals surface area contributed by atoms with Crippen LogP contribution in [0.5, 0.6) is 0 Å². The van der Waals surface area contributed by atoms with E-state index in [1.54, 1.807) is 23.5 Å². The third-order valence-electron chi connectivity index (χ3n) is 4.10. The maximum absolute atomic E-state index is 5.92. The Morgan fingerprint density at radius 2 is 1.20 bits per heavy atom. The highest BCUT2D eigenvalue weighted by Crippen LogP contribution is 2.30. The fourth-order valence-electron chi connectivity index (χ4n) is 2.47. The smallest absolute Gasteiger partial charge is 0.0482 e. The zero-order chi connectivity index (χ0) is 22.3. The second-order valence-electron chi connectivity index (χ2n) is 5.75. The van der Waals surface area contributed by atoms with Crippen molar-refractivity contribution in [3.05, 3.63) is 46.5 Å². The molecule has 2 rings (SSSR count). The van der Waals surface area contributed by atoms with Gasteiger partial charge in [0, 0.05) is 21.2 Å². The molecular weight excluding hydrogens is 408 g/mol. The van der Waals surface area contributed by atoms with Crippen LogP contribution in [-0.4, -0.2) is 26.6 Å². The fraction of sp³-hybridized carbons (Fsp3) is 0.500. The maximum Gasteiger partial charge on any atom is 0.0482 e. The highest BCUT2D eigenvalue weighted by molar-refractivity contribution is 7.99. The highest BCUT2D eigenvalue weighted by Gasteiger charge is 2.03. The first-order valence-corrected chi connectivity index (χ1v) is 11.8. The molecule has 0 bridgehead atoms. The number of rotatable bonds is 4. The summed E-state index contributed by atoms with van der Waals surface area (Å²) < 4.78 is 0. The van der Waals surface area contributed by atoms with Gasteiger partial charge in [-0.3, -0.25) is 0 Å². The van der Waals surface area contributed by atoms with Gasteiger partial charge in [0.1, 0.15) is 0 Å². The zero-order valence-electron chi connectivity index (χ0n) is 18.8. The van der Waals surface area contributed by atoms with Crippen LogP contribution in [0.1, 0.15) is 51.0 Å². The Balaban J connectivity index is -0.000000183. The molecule has 0 spiro atoms. The highest BCUT2D eigenvalue weighted by atomic mass is 32.2. The van der Waals surface area contributed by atoms with Crippen molar-refractivity contribution in [2.75, 3.05) is 38.1 Å². The van der Waals surface area contributed by atoms with E-state index in [9.17, 15) is 0 Å². The first kappa shape index (κ1) is 36.1. The Kier molecular flexibility index (Phi) is 25.1. The van der Waals surface area contributed by atoms with Gasteiger partial charge in [0.05, 0.1) is 0 Å². The first-order valence-electron chi connectivity index (χ1n) is 9.39. The van der Waals surface area contributed by atoms with Crippen molar-refractivity contribution in [2.24, 2.45) is 11.5 Å². The minimum Gasteiger partial charge on any atom is -0.398 e. The van der Waals surface area contributed by atoms with E-state index >= 15 is 0 Å². The van der Waals surface area contributed by atoms with Crippen LogP contribution in [-0.2, 0) is 12.8 Å². The summed E-state index contributed by atoms with van der Waals surface area (Å²) in [5, 5.41) is 0. The first-order chi connectivity index (χ1) is 13.4. The molecule has 4 nitrogen and oxygen atoms in total. The summed E-state index contributed by atoms with van der Waals surface area (Å²) in [7, 11) is 3.00. The molecular formula is C24H48N4S2. The van der Waals surface area contributed by atoms with Gasteiger partial charge in [-0.15, -0.1) is 23.5 Å². The van der Waals surface area contributed by atoms with Gasteiger partial charge < -0.3 is 22.9 Å². The molecule has 0 saturated heterocycles. The number of nitrogen functional groups attached to an aromatic ring is 2. The van der Waals surface area contributed by atoms with E-state index < -0.39 is 0 Å². The average molecular weight is 457 g/mol. The monoisotopic (exact) mass is 456 g/mol. The maximum atomic E-state index is 5.92. The van der Waals surface area contributed by atoms with Crippen molar-refractivity contribution in [1.29, 1.82) is 0 Å². The van der Waals surface area contributed by atoms with Crippen molar-refractivity contribution in [1.82, 2.24) is 0 Å². The van der Waals surface area contributed by atoms with Crippen LogP contribution in [0.4, 0.5) is 11.4 Å². The van der Waals surface area contributed by atoms with Gasteiger partial charge in [-0.25, -0.2) is 0 Å². The number of thioether (sulfide) groups is 2. The summed E-state index contributed by atoms with van der Waals surface area (Å²) >= 11 is 3.45. The van der Waals surface area contributed by atoms with E-state index in [0.717, 1.165) is 24.2 Å². The molecule has 0 aliphatic rings. The lowest BCUT2D eigenvalue weighted by Gasteiger charge is -2.08. The average Bonchev–Trinajstić information content (AvgIpc) is 2.75. The zero-order valence-corrected chi connectivity index (χ0v) is 20.5. The molecule has 0 fully saturated rings. The van der Waals surface area contributed by atoms with Gasteiger partial charge in [0.2, 0.25) is 0 Å². The van der Waals surface area contributed by atoms with Crippen molar-refractivity contribution < 1.29 is 0 Å². The molecule has 0 aliphatic carbocycles. The Morgan fingerprint density at radius 1 is 0.700 bits per heavy atom. The summed E-state index contributed by atoms with van der Waals surface area (Å²) in [5.41, 5.74) is 27.7. The lowest BCUT2D eigenvalue weighted by atomic mass is 10.0. The van der Waals surface area contributed by atoms with Crippen LogP contribution in [0, 0.1) is 13.8 Å². The van der Waals surface area contributed by atoms with E-state index in [-0.39, 0.29) is 14.9 Å². The molecule has 176 valence electrons. The molecule has 0 heterocycles. The number of anilines is 2. The number of benzene rings is 2. The van der Waals surface area contributed by atoms with Crippen LogP contribution in [0.3, 0.4) is 0 Å². The van der Waals surface area contributed by atoms with E-state index in [1.807, 2.05) is 0 Å². The molecule has 2 aromatic rings. The second-order valence-corrected chi connectivity index (χ2v) is 7.48. The van der Waals surface area contributed by atoms with E-state index in [4.69, 9.17) is 11.5 Å². The largest absolute Gasteiger partial charge is 0.398 e. The molecule has 2 aromatic carbocycles. The van der Waals surface area contributed by atoms with Gasteiger partial charge in [-0.2, -0.15) is 0 Å². The van der Waals surface area contributed by atoms with Gasteiger partial charge >= 0.3 is 0 Å². The Morgan fingerprint density at radius 3 is 1.60 bits per heavy atom. The van der Waals surface area contributed by atoms with E-state index in [0.29, 0.717) is 0 Å². The van der Waals surface area contributed by atoms with Crippen LogP contribution in [0.25, 0.3) is 0 Å². The number of aryl methyl sites for hydroxylation is 4. The summed E-state index contributed by atoms with van der Waals surface area (Å²) in [6.45, 7) is 8.44. The van der Waals surface area contributed by atoms with Crippen molar-refractivity contribution in [3.8, 4) is 0 Å². The summed E-state index contributed by atoms with van der Waals surface area (Å²) in [6, 6.07) is 8.65. The standard InChI is InChI=1S/C11H17N.C9H13NS2.2CH5N.2CH4/c1-4-9-6-8(3)11(12)10(5-2)7-9;1-6-4-7(11-2)5-8(12-3)9(6)10;2*1-2;;/h6-7H,4-5,12H2,1-3H3;4-5H,10H2,1-3H3;2*2H2,1H3;2*1H4. The van der Waals surface area contributed by atoms with Crippen LogP contribution < -0.4 is 22.9 Å². The molecule has 0 aromatic heterocycles. The fourth-order valence-corrected chi connectivity index (χ4v) is 3.70. The van der Waals surface area contributed by atoms with Crippen LogP contribution in [0.2, 0.25) is 0 Å². The van der Waals surface area contributed by atoms with E-state index in [2.05, 4.69) is 75.9 Å². The predicted molar refractivity (Wildman–Crippen MR) is 147 cm³/mol. The predicted octanol–water partition coefficient (Wildman–Crippen LogP) is 6.15. The summed E-state index contributed by atoms with van der Waals surface area (Å²) in [6.07, 6.45) is 6.25. The molecule has 8 N–H and O–H groups in total. The van der Waals surface area contributed by atoms with Crippen molar-refractivity contribution in [2.45, 2.75) is 65.2 Å². The third kappa shape index (κ3) is 11.7. The SMILES string of the molecule is C.C.CCc1cc(C)c(N)c(CC)c1.CN.CN.CSc1cc(C)c(N)c(SC)c1. The Bertz CT molecular complexity index is 630. The summed E-state index contributed by atoms with van der Waals surface area (Å²) in [5.74, 6) is 0. The quantitative estimate of drug-likeness (QED) is 0.325. The number of hydrogen-bond acceptors (Lipinski definition) is 6. The second kappa shape index (κ2) is 20.9. The van der Waals surface area contributed by atoms with Crippen molar-refractivity contribution in [3.63, 3.8) is 0 Å². The number of hydrogen-bond donors (Lipinski definition) is 4. The molecule has 0 unspecified atom stereocenters. The molecule has 0 amide bonds. The topological polar surface area (TPSA) is 104 Å². The molecule has 0 saturated carbocycles. The van der Waals surface area contributed by atoms with Crippen molar-refractivity contribution >= 4 is 34.9 Å². The van der Waals surface area contributed by atoms with Crippen LogP contribution in [0.15, 0.2) is 34.1 Å². The molecule has 0 atom stereocenters. The van der Waals surface area contributed by atoms with Gasteiger partial charge in [0.15, 0.2) is 0 Å². The van der Waals surface area contributed by atoms with Gasteiger partial charge in [0.25, 0.3) is 0 Å². The Hall–Kier alpha value is -1.34. The van der Waals surface area contributed by atoms with E-state index in [1.165, 1.54) is 46.1 Å².